The molecule has 0 unspecified atom stereocenters. The molecule has 2 heterocycles. The molecule has 0 N–H and O–H groups in total. The normalized spacial score (nSPS) is 11.5. The molecule has 5 nitrogen and oxygen atoms in total. The Morgan fingerprint density at radius 3 is 2.59 bits per heavy atom. The maximum Gasteiger partial charge on any atom is 0.417 e. The molecule has 0 bridgehead atoms. The van der Waals surface area contributed by atoms with E-state index in [4.69, 9.17) is 16.3 Å². The SMILES string of the molecule is Cc1c(Cl)cccc1-n1nc(C)c2c(C(F)(F)F)cc(OCc3ccccc3C#N)nc21. The Morgan fingerprint density at radius 1 is 1.12 bits per heavy atom. The average molecular weight is 457 g/mol. The van der Waals surface area contributed by atoms with Gasteiger partial charge in [-0.3, -0.25) is 0 Å². The molecule has 0 saturated heterocycles. The van der Waals surface area contributed by atoms with E-state index in [1.54, 1.807) is 49.4 Å². The largest absolute Gasteiger partial charge is 0.473 e. The fourth-order valence-electron chi connectivity index (χ4n) is 3.46. The second-order valence-electron chi connectivity index (χ2n) is 7.14. The number of nitrogens with zero attached hydrogens (tertiary/aromatic N) is 4. The van der Waals surface area contributed by atoms with Gasteiger partial charge in [0, 0.05) is 16.7 Å². The number of pyridine rings is 1. The van der Waals surface area contributed by atoms with Crippen molar-refractivity contribution in [3.8, 4) is 17.6 Å². The minimum atomic E-state index is -4.65. The average Bonchev–Trinajstić information content (AvgIpc) is 3.09. The maximum atomic E-state index is 13.9. The zero-order valence-electron chi connectivity index (χ0n) is 17.0. The number of ether oxygens (including phenoxy) is 1. The van der Waals surface area contributed by atoms with Crippen LogP contribution in [-0.2, 0) is 12.8 Å². The molecule has 0 spiro atoms. The fraction of sp³-hybridized carbons (Fsp3) is 0.174. The summed E-state index contributed by atoms with van der Waals surface area (Å²) in [6.45, 7) is 3.15. The van der Waals surface area contributed by atoms with E-state index in [2.05, 4.69) is 10.1 Å². The number of halogens is 4. The number of alkyl halides is 3. The molecule has 0 aliphatic rings. The Kier molecular flexibility index (Phi) is 5.53. The zero-order chi connectivity index (χ0) is 23.0. The lowest BCUT2D eigenvalue weighted by atomic mass is 10.1. The Labute approximate surface area is 186 Å². The minimum absolute atomic E-state index is 0.00580. The van der Waals surface area contributed by atoms with Crippen molar-refractivity contribution >= 4 is 22.6 Å². The molecule has 0 fully saturated rings. The van der Waals surface area contributed by atoms with Crippen LogP contribution in [-0.4, -0.2) is 14.8 Å². The van der Waals surface area contributed by atoms with Crippen molar-refractivity contribution in [3.63, 3.8) is 0 Å². The Balaban J connectivity index is 1.88. The van der Waals surface area contributed by atoms with Crippen LogP contribution in [0.2, 0.25) is 5.02 Å². The summed E-state index contributed by atoms with van der Waals surface area (Å²) in [7, 11) is 0. The van der Waals surface area contributed by atoms with E-state index in [1.165, 1.54) is 11.6 Å². The first-order chi connectivity index (χ1) is 15.2. The molecule has 0 atom stereocenters. The molecule has 0 aliphatic carbocycles. The number of aromatic nitrogens is 3. The van der Waals surface area contributed by atoms with Crippen molar-refractivity contribution in [2.75, 3.05) is 0 Å². The molecule has 162 valence electrons. The highest BCUT2D eigenvalue weighted by Gasteiger charge is 2.36. The molecule has 9 heteroatoms. The fourth-order valence-corrected chi connectivity index (χ4v) is 3.63. The highest BCUT2D eigenvalue weighted by atomic mass is 35.5. The lowest BCUT2D eigenvalue weighted by Crippen LogP contribution is -2.09. The first-order valence-electron chi connectivity index (χ1n) is 9.54. The van der Waals surface area contributed by atoms with E-state index in [-0.39, 0.29) is 29.2 Å². The summed E-state index contributed by atoms with van der Waals surface area (Å²) in [5.74, 6) is -0.224. The van der Waals surface area contributed by atoms with E-state index in [0.717, 1.165) is 6.07 Å². The van der Waals surface area contributed by atoms with Gasteiger partial charge in [-0.2, -0.15) is 28.5 Å². The number of hydrogen-bond donors (Lipinski definition) is 0. The maximum absolute atomic E-state index is 13.9. The number of fused-ring (bicyclic) bond motifs is 1. The Hall–Kier alpha value is -3.57. The van der Waals surface area contributed by atoms with Gasteiger partial charge in [-0.15, -0.1) is 0 Å². The van der Waals surface area contributed by atoms with Gasteiger partial charge in [-0.1, -0.05) is 35.9 Å². The summed E-state index contributed by atoms with van der Waals surface area (Å²) in [6.07, 6.45) is -4.65. The predicted octanol–water partition coefficient (Wildman–Crippen LogP) is 6.16. The van der Waals surface area contributed by atoms with E-state index in [1.807, 2.05) is 6.07 Å². The van der Waals surface area contributed by atoms with Crippen LogP contribution < -0.4 is 4.74 Å². The summed E-state index contributed by atoms with van der Waals surface area (Å²) < 4.78 is 48.7. The van der Waals surface area contributed by atoms with Gasteiger partial charge >= 0.3 is 6.18 Å². The molecule has 0 saturated carbocycles. The van der Waals surface area contributed by atoms with Crippen LogP contribution >= 0.6 is 11.6 Å². The Morgan fingerprint density at radius 2 is 1.88 bits per heavy atom. The zero-order valence-corrected chi connectivity index (χ0v) is 17.8. The minimum Gasteiger partial charge on any atom is -0.473 e. The van der Waals surface area contributed by atoms with Crippen LogP contribution in [0, 0.1) is 25.2 Å². The third kappa shape index (κ3) is 3.87. The standard InChI is InChI=1S/C23H16ClF3N4O/c1-13-18(24)8-5-9-19(13)31-22-21(14(2)30-31)17(23(25,26)27)10-20(29-22)32-12-16-7-4-3-6-15(16)11-28/h3-10H,12H2,1-2H3. The third-order valence-electron chi connectivity index (χ3n) is 5.08. The van der Waals surface area contributed by atoms with Gasteiger partial charge in [0.05, 0.1) is 34.0 Å². The van der Waals surface area contributed by atoms with Gasteiger partial charge in [-0.05, 0) is 37.6 Å². The smallest absolute Gasteiger partial charge is 0.417 e. The third-order valence-corrected chi connectivity index (χ3v) is 5.48. The van der Waals surface area contributed by atoms with Crippen molar-refractivity contribution in [1.29, 1.82) is 5.26 Å². The molecule has 2 aromatic heterocycles. The number of aryl methyl sites for hydroxylation is 1. The second-order valence-corrected chi connectivity index (χ2v) is 7.55. The van der Waals surface area contributed by atoms with Gasteiger partial charge in [-0.25, -0.2) is 4.68 Å². The van der Waals surface area contributed by atoms with E-state index >= 15 is 0 Å². The van der Waals surface area contributed by atoms with Crippen LogP contribution in [0.15, 0.2) is 48.5 Å². The monoisotopic (exact) mass is 456 g/mol. The quantitative estimate of drug-likeness (QED) is 0.369. The van der Waals surface area contributed by atoms with Crippen molar-refractivity contribution < 1.29 is 17.9 Å². The highest BCUT2D eigenvalue weighted by molar-refractivity contribution is 6.31. The molecule has 4 rings (SSSR count). The van der Waals surface area contributed by atoms with Gasteiger partial charge in [0.15, 0.2) is 5.65 Å². The molecule has 2 aromatic carbocycles. The van der Waals surface area contributed by atoms with Crippen LogP contribution in [0.4, 0.5) is 13.2 Å². The lowest BCUT2D eigenvalue weighted by Gasteiger charge is -2.13. The molecule has 0 aliphatic heterocycles. The van der Waals surface area contributed by atoms with E-state index in [0.29, 0.717) is 27.4 Å². The Bertz CT molecular complexity index is 1370. The van der Waals surface area contributed by atoms with Crippen molar-refractivity contribution in [2.24, 2.45) is 0 Å². The molecule has 0 radical (unpaired) electrons. The van der Waals surface area contributed by atoms with Gasteiger partial charge < -0.3 is 4.74 Å². The van der Waals surface area contributed by atoms with E-state index < -0.39 is 11.7 Å². The molecule has 4 aromatic rings. The van der Waals surface area contributed by atoms with Gasteiger partial charge in [0.2, 0.25) is 5.88 Å². The first-order valence-corrected chi connectivity index (χ1v) is 9.92. The van der Waals surface area contributed by atoms with Gasteiger partial charge in [0.25, 0.3) is 0 Å². The summed E-state index contributed by atoms with van der Waals surface area (Å²) in [5.41, 5.74) is 1.38. The molecular formula is C23H16ClF3N4O. The summed E-state index contributed by atoms with van der Waals surface area (Å²) in [6, 6.07) is 14.7. The summed E-state index contributed by atoms with van der Waals surface area (Å²) >= 11 is 6.21. The topological polar surface area (TPSA) is 63.7 Å². The van der Waals surface area contributed by atoms with Crippen LogP contribution in [0.25, 0.3) is 16.7 Å². The summed E-state index contributed by atoms with van der Waals surface area (Å²) in [4.78, 5) is 4.34. The lowest BCUT2D eigenvalue weighted by molar-refractivity contribution is -0.136. The van der Waals surface area contributed by atoms with Crippen LogP contribution in [0.3, 0.4) is 0 Å². The number of hydrogen-bond acceptors (Lipinski definition) is 4. The molecule has 32 heavy (non-hydrogen) atoms. The van der Waals surface area contributed by atoms with Crippen molar-refractivity contribution in [2.45, 2.75) is 26.6 Å². The second kappa shape index (κ2) is 8.17. The van der Waals surface area contributed by atoms with Crippen molar-refractivity contribution in [3.05, 3.63) is 81.5 Å². The molecule has 0 amide bonds. The first kappa shape index (κ1) is 21.7. The van der Waals surface area contributed by atoms with Crippen LogP contribution in [0.1, 0.15) is 27.9 Å². The van der Waals surface area contributed by atoms with Crippen LogP contribution in [0.5, 0.6) is 5.88 Å². The van der Waals surface area contributed by atoms with Crippen molar-refractivity contribution in [1.82, 2.24) is 14.8 Å². The predicted molar refractivity (Wildman–Crippen MR) is 114 cm³/mol. The van der Waals surface area contributed by atoms with Gasteiger partial charge in [0.1, 0.15) is 6.61 Å². The number of rotatable bonds is 4. The number of nitriles is 1. The number of benzene rings is 2. The molecular weight excluding hydrogens is 441 g/mol. The summed E-state index contributed by atoms with van der Waals surface area (Å²) in [5, 5.41) is 13.9. The highest BCUT2D eigenvalue weighted by Crippen LogP contribution is 2.39. The van der Waals surface area contributed by atoms with E-state index in [9.17, 15) is 18.4 Å².